The van der Waals surface area contributed by atoms with Crippen LogP contribution in [-0.4, -0.2) is 28.9 Å². The zero-order chi connectivity index (χ0) is 23.8. The van der Waals surface area contributed by atoms with E-state index in [1.807, 2.05) is 0 Å². The standard InChI is InChI=1S/C29H16O5/c30-25(17-7-3-1-4-8-17)27(32)19-11-13-21-23(15-19)24-16-20(12-14-22(24)29(21)34)28(33)26(31)18-9-5-2-6-10-18/h1-16H. The van der Waals surface area contributed by atoms with Gasteiger partial charge in [0.15, 0.2) is 5.78 Å². The Bertz CT molecular complexity index is 1400. The summed E-state index contributed by atoms with van der Waals surface area (Å²) in [6.07, 6.45) is 0. The van der Waals surface area contributed by atoms with Crippen molar-refractivity contribution in [2.45, 2.75) is 0 Å². The smallest absolute Gasteiger partial charge is 0.233 e. The van der Waals surface area contributed by atoms with Gasteiger partial charge in [-0.05, 0) is 35.4 Å². The molecule has 0 amide bonds. The van der Waals surface area contributed by atoms with Crippen molar-refractivity contribution < 1.29 is 24.0 Å². The van der Waals surface area contributed by atoms with Gasteiger partial charge in [-0.15, -0.1) is 0 Å². The Morgan fingerprint density at radius 2 is 0.735 bits per heavy atom. The molecule has 4 aromatic rings. The molecule has 5 heteroatoms. The van der Waals surface area contributed by atoms with Crippen molar-refractivity contribution in [2.75, 3.05) is 0 Å². The first-order chi connectivity index (χ1) is 16.5. The Hall–Kier alpha value is -4.77. The second-order valence-electron chi connectivity index (χ2n) is 7.90. The summed E-state index contributed by atoms with van der Waals surface area (Å²) in [6.45, 7) is 0. The number of benzene rings is 4. The lowest BCUT2D eigenvalue weighted by Crippen LogP contribution is -2.14. The van der Waals surface area contributed by atoms with E-state index in [0.29, 0.717) is 22.3 Å². The van der Waals surface area contributed by atoms with Crippen LogP contribution in [-0.2, 0) is 0 Å². The molecule has 0 saturated carbocycles. The Morgan fingerprint density at radius 1 is 0.382 bits per heavy atom. The minimum absolute atomic E-state index is 0.144. The van der Waals surface area contributed by atoms with E-state index < -0.39 is 23.1 Å². The van der Waals surface area contributed by atoms with Crippen molar-refractivity contribution in [1.82, 2.24) is 0 Å². The van der Waals surface area contributed by atoms with Crippen molar-refractivity contribution in [3.8, 4) is 11.1 Å². The van der Waals surface area contributed by atoms with Gasteiger partial charge in [-0.2, -0.15) is 0 Å². The summed E-state index contributed by atoms with van der Waals surface area (Å²) in [6, 6.07) is 25.4. The van der Waals surface area contributed by atoms with Crippen molar-refractivity contribution in [2.24, 2.45) is 0 Å². The number of carbonyl (C=O) groups is 5. The number of hydrogen-bond donors (Lipinski definition) is 0. The molecule has 1 aliphatic carbocycles. The molecule has 0 spiro atoms. The molecule has 0 aromatic heterocycles. The van der Waals surface area contributed by atoms with Crippen molar-refractivity contribution in [3.63, 3.8) is 0 Å². The molecule has 0 unspecified atom stereocenters. The molecule has 0 bridgehead atoms. The monoisotopic (exact) mass is 444 g/mol. The third kappa shape index (κ3) is 3.49. The van der Waals surface area contributed by atoms with Crippen molar-refractivity contribution in [3.05, 3.63) is 130 Å². The van der Waals surface area contributed by atoms with Gasteiger partial charge in [0.25, 0.3) is 0 Å². The topological polar surface area (TPSA) is 85.3 Å². The molecule has 34 heavy (non-hydrogen) atoms. The number of ketones is 5. The fourth-order valence-electron chi connectivity index (χ4n) is 4.06. The first-order valence-electron chi connectivity index (χ1n) is 10.6. The molecule has 5 nitrogen and oxygen atoms in total. The quantitative estimate of drug-likeness (QED) is 0.271. The molecule has 0 saturated heterocycles. The van der Waals surface area contributed by atoms with Crippen LogP contribution in [0.25, 0.3) is 11.1 Å². The highest BCUT2D eigenvalue weighted by atomic mass is 16.2. The van der Waals surface area contributed by atoms with Gasteiger partial charge in [-0.25, -0.2) is 0 Å². The van der Waals surface area contributed by atoms with E-state index >= 15 is 0 Å². The molecule has 0 atom stereocenters. The fraction of sp³-hybridized carbons (Fsp3) is 0. The summed E-state index contributed by atoms with van der Waals surface area (Å²) in [5, 5.41) is 0. The Morgan fingerprint density at radius 3 is 1.12 bits per heavy atom. The Balaban J connectivity index is 1.52. The van der Waals surface area contributed by atoms with Gasteiger partial charge in [-0.1, -0.05) is 72.8 Å². The van der Waals surface area contributed by atoms with Crippen LogP contribution >= 0.6 is 0 Å². The van der Waals surface area contributed by atoms with E-state index in [9.17, 15) is 24.0 Å². The van der Waals surface area contributed by atoms with E-state index in [2.05, 4.69) is 0 Å². The third-order valence-corrected chi connectivity index (χ3v) is 5.83. The molecule has 0 aliphatic heterocycles. The normalized spacial score (nSPS) is 11.5. The lowest BCUT2D eigenvalue weighted by Gasteiger charge is -2.06. The van der Waals surface area contributed by atoms with E-state index in [1.54, 1.807) is 60.7 Å². The average molecular weight is 444 g/mol. The highest BCUT2D eigenvalue weighted by molar-refractivity contribution is 6.50. The van der Waals surface area contributed by atoms with E-state index in [1.165, 1.54) is 36.4 Å². The van der Waals surface area contributed by atoms with Crippen LogP contribution in [0.1, 0.15) is 57.4 Å². The van der Waals surface area contributed by atoms with E-state index in [-0.39, 0.29) is 28.0 Å². The molecule has 0 fully saturated rings. The molecule has 0 heterocycles. The number of Topliss-reactive ketones (excluding diaryl/α,β-unsaturated/α-hetero) is 4. The van der Waals surface area contributed by atoms with Crippen LogP contribution in [0, 0.1) is 0 Å². The van der Waals surface area contributed by atoms with Gasteiger partial charge in [0.05, 0.1) is 0 Å². The summed E-state index contributed by atoms with van der Waals surface area (Å²) in [4.78, 5) is 63.7. The second kappa shape index (κ2) is 8.30. The Kier molecular flexibility index (Phi) is 5.15. The maximum atomic E-state index is 12.9. The van der Waals surface area contributed by atoms with Crippen LogP contribution in [0.15, 0.2) is 97.1 Å². The Labute approximate surface area is 194 Å². The zero-order valence-electron chi connectivity index (χ0n) is 17.8. The van der Waals surface area contributed by atoms with Crippen molar-refractivity contribution >= 4 is 28.9 Å². The highest BCUT2D eigenvalue weighted by Gasteiger charge is 2.30. The zero-order valence-corrected chi connectivity index (χ0v) is 17.8. The SMILES string of the molecule is O=C(C(=O)c1ccc2c(c1)-c1cc(C(=O)C(=O)c3ccccc3)ccc1C2=O)c1ccccc1. The maximum Gasteiger partial charge on any atom is 0.233 e. The molecule has 0 N–H and O–H groups in total. The number of fused-ring (bicyclic) bond motifs is 3. The predicted molar refractivity (Wildman–Crippen MR) is 126 cm³/mol. The molecule has 4 aromatic carbocycles. The molecule has 1 aliphatic rings. The lowest BCUT2D eigenvalue weighted by molar-refractivity contribution is 0.0817. The fourth-order valence-corrected chi connectivity index (χ4v) is 4.06. The minimum Gasteiger partial charge on any atom is -0.289 e. The average Bonchev–Trinajstić information content (AvgIpc) is 3.18. The minimum atomic E-state index is -0.693. The molecular formula is C29H16O5. The highest BCUT2D eigenvalue weighted by Crippen LogP contribution is 2.38. The third-order valence-electron chi connectivity index (χ3n) is 5.83. The summed E-state index contributed by atoms with van der Waals surface area (Å²) < 4.78 is 0. The molecule has 0 radical (unpaired) electrons. The van der Waals surface area contributed by atoms with Gasteiger partial charge in [0.2, 0.25) is 23.1 Å². The molecule has 5 rings (SSSR count). The van der Waals surface area contributed by atoms with Gasteiger partial charge in [0, 0.05) is 33.4 Å². The van der Waals surface area contributed by atoms with Crippen molar-refractivity contribution in [1.29, 1.82) is 0 Å². The van der Waals surface area contributed by atoms with Gasteiger partial charge in [-0.3, -0.25) is 24.0 Å². The molecule has 162 valence electrons. The van der Waals surface area contributed by atoms with Crippen LogP contribution in [0.5, 0.6) is 0 Å². The molecular weight excluding hydrogens is 428 g/mol. The van der Waals surface area contributed by atoms with Gasteiger partial charge >= 0.3 is 0 Å². The summed E-state index contributed by atoms with van der Waals surface area (Å²) in [7, 11) is 0. The number of hydrogen-bond acceptors (Lipinski definition) is 5. The summed E-state index contributed by atoms with van der Waals surface area (Å²) in [5.74, 6) is -2.93. The van der Waals surface area contributed by atoms with Crippen LogP contribution < -0.4 is 0 Å². The number of rotatable bonds is 6. The number of carbonyl (C=O) groups excluding carboxylic acids is 5. The summed E-state index contributed by atoms with van der Waals surface area (Å²) in [5.41, 5.74) is 2.49. The maximum absolute atomic E-state index is 12.9. The van der Waals surface area contributed by atoms with Crippen LogP contribution in [0.3, 0.4) is 0 Å². The first-order valence-corrected chi connectivity index (χ1v) is 10.6. The van der Waals surface area contributed by atoms with Crippen LogP contribution in [0.4, 0.5) is 0 Å². The van der Waals surface area contributed by atoms with Gasteiger partial charge < -0.3 is 0 Å². The summed E-state index contributed by atoms with van der Waals surface area (Å²) >= 11 is 0. The van der Waals surface area contributed by atoms with E-state index in [0.717, 1.165) is 0 Å². The predicted octanol–water partition coefficient (Wildman–Crippen LogP) is 5.03. The van der Waals surface area contributed by atoms with E-state index in [4.69, 9.17) is 0 Å². The van der Waals surface area contributed by atoms with Crippen LogP contribution in [0.2, 0.25) is 0 Å². The second-order valence-corrected chi connectivity index (χ2v) is 7.90. The largest absolute Gasteiger partial charge is 0.289 e. The lowest BCUT2D eigenvalue weighted by atomic mass is 9.95. The first kappa shape index (κ1) is 21.1. The van der Waals surface area contributed by atoms with Gasteiger partial charge in [0.1, 0.15) is 0 Å².